The smallest absolute Gasteiger partial charge is 0.255 e. The summed E-state index contributed by atoms with van der Waals surface area (Å²) in [6.07, 6.45) is 0. The first-order valence-electron chi connectivity index (χ1n) is 10.3. The molecule has 0 aliphatic heterocycles. The highest BCUT2D eigenvalue weighted by Crippen LogP contribution is 2.43. The molecule has 1 heterocycles. The number of amides is 1. The third kappa shape index (κ3) is 4.59. The van der Waals surface area contributed by atoms with Crippen molar-refractivity contribution in [1.82, 2.24) is 4.98 Å². The molecule has 5 aromatic rings. The van der Waals surface area contributed by atoms with Crippen LogP contribution in [0.3, 0.4) is 0 Å². The molecule has 0 radical (unpaired) electrons. The molecule has 1 N–H and O–H groups in total. The molecule has 0 saturated carbocycles. The number of hydrogen-bond donors (Lipinski definition) is 1. The van der Waals surface area contributed by atoms with Gasteiger partial charge in [0.15, 0.2) is 4.34 Å². The van der Waals surface area contributed by atoms with Gasteiger partial charge in [0.1, 0.15) is 0 Å². The number of rotatable bonds is 6. The number of carbonyl (C=O) groups is 1. The van der Waals surface area contributed by atoms with Gasteiger partial charge in [-0.05, 0) is 41.5 Å². The van der Waals surface area contributed by atoms with E-state index < -0.39 is 0 Å². The van der Waals surface area contributed by atoms with Gasteiger partial charge in [0, 0.05) is 11.3 Å². The van der Waals surface area contributed by atoms with Gasteiger partial charge in [-0.1, -0.05) is 90.6 Å². The zero-order valence-electron chi connectivity index (χ0n) is 17.1. The van der Waals surface area contributed by atoms with Gasteiger partial charge >= 0.3 is 0 Å². The molecule has 32 heavy (non-hydrogen) atoms. The molecule has 0 aliphatic rings. The number of anilines is 1. The molecular formula is C27H20N2OS2. The van der Waals surface area contributed by atoms with Crippen LogP contribution in [0.5, 0.6) is 0 Å². The summed E-state index contributed by atoms with van der Waals surface area (Å²) in [7, 11) is 0. The van der Waals surface area contributed by atoms with E-state index in [1.807, 2.05) is 60.7 Å². The molecule has 0 fully saturated rings. The second-order valence-corrected chi connectivity index (χ2v) is 9.68. The van der Waals surface area contributed by atoms with E-state index in [1.54, 1.807) is 23.1 Å². The Morgan fingerprint density at radius 2 is 1.38 bits per heavy atom. The Balaban J connectivity index is 1.41. The Hall–Kier alpha value is -3.41. The van der Waals surface area contributed by atoms with Crippen molar-refractivity contribution in [3.05, 3.63) is 126 Å². The predicted octanol–water partition coefficient (Wildman–Crippen LogP) is 7.43. The summed E-state index contributed by atoms with van der Waals surface area (Å²) in [4.78, 5) is 17.3. The third-order valence-corrected chi connectivity index (χ3v) is 7.51. The van der Waals surface area contributed by atoms with Gasteiger partial charge < -0.3 is 5.32 Å². The van der Waals surface area contributed by atoms with Crippen molar-refractivity contribution in [3.8, 4) is 0 Å². The number of thioether (sulfide) groups is 1. The van der Waals surface area contributed by atoms with Gasteiger partial charge in [0.05, 0.1) is 15.5 Å². The van der Waals surface area contributed by atoms with Crippen LogP contribution in [0.15, 0.2) is 114 Å². The number of carbonyl (C=O) groups excluding carboxylic acids is 1. The molecule has 5 heteroatoms. The number of aromatic nitrogens is 1. The van der Waals surface area contributed by atoms with E-state index in [4.69, 9.17) is 4.98 Å². The summed E-state index contributed by atoms with van der Waals surface area (Å²) < 4.78 is 2.06. The van der Waals surface area contributed by atoms with E-state index in [0.717, 1.165) is 20.2 Å². The van der Waals surface area contributed by atoms with E-state index in [-0.39, 0.29) is 11.2 Å². The summed E-state index contributed by atoms with van der Waals surface area (Å²) in [5.74, 6) is -0.114. The lowest BCUT2D eigenvalue weighted by Crippen LogP contribution is -2.11. The lowest BCUT2D eigenvalue weighted by Gasteiger charge is -2.16. The molecular weight excluding hydrogens is 432 g/mol. The van der Waals surface area contributed by atoms with Crippen molar-refractivity contribution >= 4 is 44.9 Å². The van der Waals surface area contributed by atoms with Crippen LogP contribution >= 0.6 is 23.1 Å². The van der Waals surface area contributed by atoms with Crippen molar-refractivity contribution in [3.63, 3.8) is 0 Å². The summed E-state index contributed by atoms with van der Waals surface area (Å²) >= 11 is 3.41. The lowest BCUT2D eigenvalue weighted by atomic mass is 10.0. The molecule has 0 unspecified atom stereocenters. The van der Waals surface area contributed by atoms with Crippen molar-refractivity contribution in [2.45, 2.75) is 9.59 Å². The first-order valence-corrected chi connectivity index (χ1v) is 12.0. The molecule has 0 spiro atoms. The monoisotopic (exact) mass is 452 g/mol. The van der Waals surface area contributed by atoms with Crippen LogP contribution in [0, 0.1) is 0 Å². The van der Waals surface area contributed by atoms with Crippen LogP contribution in [0.4, 0.5) is 5.69 Å². The maximum atomic E-state index is 12.5. The molecule has 1 amide bonds. The molecule has 5 rings (SSSR count). The zero-order valence-corrected chi connectivity index (χ0v) is 18.8. The van der Waals surface area contributed by atoms with Crippen LogP contribution in [-0.4, -0.2) is 10.9 Å². The van der Waals surface area contributed by atoms with E-state index in [9.17, 15) is 4.79 Å². The Kier molecular flexibility index (Phi) is 6.01. The standard InChI is InChI=1S/C27H20N2OS2/c30-26(21-14-8-3-9-15-21)28-22-16-17-23-24(18-22)31-27(29-23)32-25(19-10-4-1-5-11-19)20-12-6-2-7-13-20/h1-18,25H,(H,28,30). The van der Waals surface area contributed by atoms with Gasteiger partial charge in [-0.3, -0.25) is 4.79 Å². The van der Waals surface area contributed by atoms with E-state index in [0.29, 0.717) is 5.56 Å². The fraction of sp³-hybridized carbons (Fsp3) is 0.0370. The zero-order chi connectivity index (χ0) is 21.8. The Morgan fingerprint density at radius 3 is 2.00 bits per heavy atom. The van der Waals surface area contributed by atoms with E-state index >= 15 is 0 Å². The molecule has 4 aromatic carbocycles. The minimum Gasteiger partial charge on any atom is -0.322 e. The van der Waals surface area contributed by atoms with Crippen LogP contribution in [-0.2, 0) is 0 Å². The van der Waals surface area contributed by atoms with Crippen molar-refractivity contribution in [2.75, 3.05) is 5.32 Å². The predicted molar refractivity (Wildman–Crippen MR) is 135 cm³/mol. The SMILES string of the molecule is O=C(Nc1ccc2nc(SC(c3ccccc3)c3ccccc3)sc2c1)c1ccccc1. The number of thiazole rings is 1. The van der Waals surface area contributed by atoms with Crippen LogP contribution in [0.2, 0.25) is 0 Å². The first kappa shape index (κ1) is 20.5. The van der Waals surface area contributed by atoms with Crippen LogP contribution < -0.4 is 5.32 Å². The Labute approximate surface area is 195 Å². The average molecular weight is 453 g/mol. The molecule has 156 valence electrons. The maximum absolute atomic E-state index is 12.5. The van der Waals surface area contributed by atoms with Crippen LogP contribution in [0.25, 0.3) is 10.2 Å². The quantitative estimate of drug-likeness (QED) is 0.272. The molecule has 0 aliphatic carbocycles. The molecule has 0 saturated heterocycles. The number of nitrogens with one attached hydrogen (secondary N) is 1. The van der Waals surface area contributed by atoms with Gasteiger partial charge in [0.25, 0.3) is 5.91 Å². The number of hydrogen-bond acceptors (Lipinski definition) is 4. The molecule has 3 nitrogen and oxygen atoms in total. The van der Waals surface area contributed by atoms with Gasteiger partial charge in [0.2, 0.25) is 0 Å². The first-order chi connectivity index (χ1) is 15.8. The van der Waals surface area contributed by atoms with Gasteiger partial charge in [-0.15, -0.1) is 11.3 Å². The summed E-state index contributed by atoms with van der Waals surface area (Å²) in [5.41, 5.74) is 4.85. The van der Waals surface area contributed by atoms with Gasteiger partial charge in [-0.25, -0.2) is 4.98 Å². The highest BCUT2D eigenvalue weighted by atomic mass is 32.2. The van der Waals surface area contributed by atoms with E-state index in [1.165, 1.54) is 11.1 Å². The largest absolute Gasteiger partial charge is 0.322 e. The van der Waals surface area contributed by atoms with E-state index in [2.05, 4.69) is 53.8 Å². The third-order valence-electron chi connectivity index (χ3n) is 5.09. The number of benzene rings is 4. The molecule has 0 atom stereocenters. The highest BCUT2D eigenvalue weighted by molar-refractivity contribution is 8.01. The van der Waals surface area contributed by atoms with Gasteiger partial charge in [-0.2, -0.15) is 0 Å². The van der Waals surface area contributed by atoms with Crippen molar-refractivity contribution in [1.29, 1.82) is 0 Å². The fourth-order valence-corrected chi connectivity index (χ4v) is 5.94. The minimum atomic E-state index is -0.114. The second-order valence-electron chi connectivity index (χ2n) is 7.30. The highest BCUT2D eigenvalue weighted by Gasteiger charge is 2.18. The second kappa shape index (κ2) is 9.39. The molecule has 0 bridgehead atoms. The Morgan fingerprint density at radius 1 is 0.781 bits per heavy atom. The van der Waals surface area contributed by atoms with Crippen molar-refractivity contribution < 1.29 is 4.79 Å². The minimum absolute atomic E-state index is 0.114. The fourth-order valence-electron chi connectivity index (χ4n) is 3.51. The lowest BCUT2D eigenvalue weighted by molar-refractivity contribution is 0.102. The summed E-state index contributed by atoms with van der Waals surface area (Å²) in [5, 5.41) is 3.15. The number of nitrogens with zero attached hydrogens (tertiary/aromatic N) is 1. The summed E-state index contributed by atoms with van der Waals surface area (Å²) in [6.45, 7) is 0. The summed E-state index contributed by atoms with van der Waals surface area (Å²) in [6, 6.07) is 36.1. The maximum Gasteiger partial charge on any atom is 0.255 e. The average Bonchev–Trinajstić information content (AvgIpc) is 3.26. The number of fused-ring (bicyclic) bond motifs is 1. The van der Waals surface area contributed by atoms with Crippen LogP contribution in [0.1, 0.15) is 26.7 Å². The molecule has 1 aromatic heterocycles. The normalized spacial score (nSPS) is 11.0. The topological polar surface area (TPSA) is 42.0 Å². The van der Waals surface area contributed by atoms with Crippen molar-refractivity contribution in [2.24, 2.45) is 0 Å². The Bertz CT molecular complexity index is 1300.